The van der Waals surface area contributed by atoms with E-state index in [1.165, 1.54) is 6.20 Å². The summed E-state index contributed by atoms with van der Waals surface area (Å²) in [5.74, 6) is 0.730. The molecule has 1 aromatic heterocycles. The number of hydrogen-bond acceptors (Lipinski definition) is 4. The lowest BCUT2D eigenvalue weighted by Crippen LogP contribution is -1.93. The second-order valence-electron chi connectivity index (χ2n) is 4.57. The summed E-state index contributed by atoms with van der Waals surface area (Å²) in [6.07, 6.45) is 1.39. The molecule has 22 heavy (non-hydrogen) atoms. The van der Waals surface area contributed by atoms with E-state index in [4.69, 9.17) is 10.5 Å². The van der Waals surface area contributed by atoms with Gasteiger partial charge in [-0.1, -0.05) is 24.3 Å². The molecular formula is C17H11N5. The summed E-state index contributed by atoms with van der Waals surface area (Å²) < 4.78 is 0. The molecule has 5 heteroatoms. The van der Waals surface area contributed by atoms with Crippen LogP contribution < -0.4 is 5.32 Å². The van der Waals surface area contributed by atoms with E-state index in [0.29, 0.717) is 0 Å². The van der Waals surface area contributed by atoms with Gasteiger partial charge in [0.25, 0.3) is 0 Å². The molecule has 1 heterocycles. The largest absolute Gasteiger partial charge is 0.359 e. The molecule has 2 N–H and O–H groups in total. The summed E-state index contributed by atoms with van der Waals surface area (Å²) in [5, 5.41) is 20.6. The Balaban J connectivity index is 2.03. The van der Waals surface area contributed by atoms with Crippen LogP contribution in [0, 0.1) is 22.7 Å². The van der Waals surface area contributed by atoms with Gasteiger partial charge < -0.3 is 10.3 Å². The van der Waals surface area contributed by atoms with E-state index in [1.54, 1.807) is 0 Å². The molecule has 0 amide bonds. The highest BCUT2D eigenvalue weighted by molar-refractivity contribution is 5.83. The van der Waals surface area contributed by atoms with Gasteiger partial charge in [0.05, 0.1) is 11.0 Å². The normalized spacial score (nSPS) is 9.73. The average Bonchev–Trinajstić information content (AvgIpc) is 3.00. The predicted octanol–water partition coefficient (Wildman–Crippen LogP) is 3.57. The number of H-pyrrole nitrogens is 1. The maximum absolute atomic E-state index is 8.79. The quantitative estimate of drug-likeness (QED) is 0.720. The van der Waals surface area contributed by atoms with E-state index in [2.05, 4.69) is 15.3 Å². The number of aromatic nitrogens is 2. The van der Waals surface area contributed by atoms with E-state index in [0.717, 1.165) is 28.1 Å². The summed E-state index contributed by atoms with van der Waals surface area (Å²) in [5.41, 5.74) is 3.49. The average molecular weight is 285 g/mol. The van der Waals surface area contributed by atoms with Gasteiger partial charge in [0.1, 0.15) is 23.5 Å². The third-order valence-corrected chi connectivity index (χ3v) is 3.18. The van der Waals surface area contributed by atoms with Crippen molar-refractivity contribution >= 4 is 16.7 Å². The zero-order chi connectivity index (χ0) is 15.4. The van der Waals surface area contributed by atoms with Crippen molar-refractivity contribution in [3.8, 4) is 23.5 Å². The first-order valence-corrected chi connectivity index (χ1v) is 6.63. The van der Waals surface area contributed by atoms with Crippen molar-refractivity contribution in [2.45, 2.75) is 0 Å². The number of hydrogen-bond donors (Lipinski definition) is 2. The molecule has 0 saturated heterocycles. The Morgan fingerprint density at radius 1 is 1.05 bits per heavy atom. The van der Waals surface area contributed by atoms with Crippen LogP contribution in [0.3, 0.4) is 0 Å². The van der Waals surface area contributed by atoms with Gasteiger partial charge in [0.2, 0.25) is 0 Å². The molecule has 0 radical (unpaired) electrons. The zero-order valence-electron chi connectivity index (χ0n) is 11.5. The second-order valence-corrected chi connectivity index (χ2v) is 4.57. The fraction of sp³-hybridized carbons (Fsp3) is 0. The van der Waals surface area contributed by atoms with Crippen LogP contribution in [0.5, 0.6) is 0 Å². The number of rotatable bonds is 3. The number of anilines is 1. The van der Waals surface area contributed by atoms with E-state index in [9.17, 15) is 0 Å². The lowest BCUT2D eigenvalue weighted by atomic mass is 10.1. The first kappa shape index (κ1) is 13.4. The number of allylic oxidation sites excluding steroid dienone is 1. The van der Waals surface area contributed by atoms with Crippen LogP contribution in [0.4, 0.5) is 5.69 Å². The van der Waals surface area contributed by atoms with Crippen LogP contribution in [-0.4, -0.2) is 9.97 Å². The Morgan fingerprint density at radius 2 is 1.77 bits per heavy atom. The van der Waals surface area contributed by atoms with E-state index in [1.807, 2.05) is 60.7 Å². The molecule has 0 unspecified atom stereocenters. The second kappa shape index (κ2) is 5.82. The standard InChI is InChI=1S/C17H11N5/c18-9-12(10-19)11-20-14-6-2-1-5-13(14)17-21-15-7-3-4-8-16(15)22-17/h1-8,11,20H,(H,21,22). The molecule has 3 aromatic rings. The number of nitriles is 2. The summed E-state index contributed by atoms with van der Waals surface area (Å²) in [6, 6.07) is 19.0. The molecule has 0 atom stereocenters. The van der Waals surface area contributed by atoms with Gasteiger partial charge in [-0.2, -0.15) is 10.5 Å². The van der Waals surface area contributed by atoms with Gasteiger partial charge in [-0.25, -0.2) is 4.98 Å². The zero-order valence-corrected chi connectivity index (χ0v) is 11.5. The Bertz CT molecular complexity index is 888. The minimum absolute atomic E-state index is 0.0133. The maximum atomic E-state index is 8.79. The summed E-state index contributed by atoms with van der Waals surface area (Å²) >= 11 is 0. The molecule has 0 bridgehead atoms. The number of para-hydroxylation sites is 3. The van der Waals surface area contributed by atoms with Gasteiger partial charge in [0, 0.05) is 17.5 Å². The van der Waals surface area contributed by atoms with Crippen LogP contribution in [0.15, 0.2) is 60.3 Å². The Morgan fingerprint density at radius 3 is 2.55 bits per heavy atom. The van der Waals surface area contributed by atoms with Crippen molar-refractivity contribution in [1.82, 2.24) is 9.97 Å². The SMILES string of the molecule is N#CC(C#N)=CNc1ccccc1-c1nc2ccccc2[nH]1. The van der Waals surface area contributed by atoms with Gasteiger partial charge in [0.15, 0.2) is 0 Å². The van der Waals surface area contributed by atoms with Crippen molar-refractivity contribution in [3.05, 3.63) is 60.3 Å². The highest BCUT2D eigenvalue weighted by atomic mass is 14.9. The third kappa shape index (κ3) is 2.52. The van der Waals surface area contributed by atoms with Crippen LogP contribution in [0.2, 0.25) is 0 Å². The van der Waals surface area contributed by atoms with Gasteiger partial charge in [-0.15, -0.1) is 0 Å². The molecule has 0 saturated carbocycles. The van der Waals surface area contributed by atoms with Crippen LogP contribution in [0.1, 0.15) is 0 Å². The third-order valence-electron chi connectivity index (χ3n) is 3.18. The lowest BCUT2D eigenvalue weighted by Gasteiger charge is -2.06. The molecule has 5 nitrogen and oxygen atoms in total. The minimum Gasteiger partial charge on any atom is -0.359 e. The monoisotopic (exact) mass is 285 g/mol. The smallest absolute Gasteiger partial charge is 0.145 e. The molecule has 2 aromatic carbocycles. The van der Waals surface area contributed by atoms with Crippen LogP contribution in [0.25, 0.3) is 22.4 Å². The molecule has 0 aliphatic rings. The van der Waals surface area contributed by atoms with Crippen molar-refractivity contribution in [2.24, 2.45) is 0 Å². The Hall–Kier alpha value is -3.57. The molecule has 0 aliphatic carbocycles. The fourth-order valence-electron chi connectivity index (χ4n) is 2.14. The Kier molecular flexibility index (Phi) is 3.55. The molecule has 0 aliphatic heterocycles. The molecule has 104 valence electrons. The molecule has 0 fully saturated rings. The molecule has 3 rings (SSSR count). The molecule has 0 spiro atoms. The van der Waals surface area contributed by atoms with Gasteiger partial charge >= 0.3 is 0 Å². The summed E-state index contributed by atoms with van der Waals surface area (Å²) in [4.78, 5) is 7.83. The minimum atomic E-state index is 0.0133. The first-order valence-electron chi connectivity index (χ1n) is 6.63. The van der Waals surface area contributed by atoms with Crippen molar-refractivity contribution in [3.63, 3.8) is 0 Å². The fourth-order valence-corrected chi connectivity index (χ4v) is 2.14. The summed E-state index contributed by atoms with van der Waals surface area (Å²) in [6.45, 7) is 0. The lowest BCUT2D eigenvalue weighted by molar-refractivity contribution is 1.33. The van der Waals surface area contributed by atoms with Crippen molar-refractivity contribution in [1.29, 1.82) is 10.5 Å². The van der Waals surface area contributed by atoms with E-state index in [-0.39, 0.29) is 5.57 Å². The van der Waals surface area contributed by atoms with Gasteiger partial charge in [-0.05, 0) is 24.3 Å². The Labute approximate surface area is 127 Å². The van der Waals surface area contributed by atoms with E-state index >= 15 is 0 Å². The number of nitrogens with one attached hydrogen (secondary N) is 2. The number of imidazole rings is 1. The first-order chi connectivity index (χ1) is 10.8. The molecular weight excluding hydrogens is 274 g/mol. The number of nitrogens with zero attached hydrogens (tertiary/aromatic N) is 3. The number of benzene rings is 2. The van der Waals surface area contributed by atoms with Gasteiger partial charge in [-0.3, -0.25) is 0 Å². The number of fused-ring (bicyclic) bond motifs is 1. The van der Waals surface area contributed by atoms with Crippen molar-refractivity contribution < 1.29 is 0 Å². The topological polar surface area (TPSA) is 88.3 Å². The van der Waals surface area contributed by atoms with Crippen molar-refractivity contribution in [2.75, 3.05) is 5.32 Å². The van der Waals surface area contributed by atoms with E-state index < -0.39 is 0 Å². The van der Waals surface area contributed by atoms with Crippen LogP contribution in [-0.2, 0) is 0 Å². The van der Waals surface area contributed by atoms with Crippen LogP contribution >= 0.6 is 0 Å². The highest BCUT2D eigenvalue weighted by Gasteiger charge is 2.08. The number of aromatic amines is 1. The highest BCUT2D eigenvalue weighted by Crippen LogP contribution is 2.27. The maximum Gasteiger partial charge on any atom is 0.145 e. The summed E-state index contributed by atoms with van der Waals surface area (Å²) in [7, 11) is 0. The predicted molar refractivity (Wildman–Crippen MR) is 84.5 cm³/mol.